The Labute approximate surface area is 203 Å². The van der Waals surface area contributed by atoms with Crippen molar-refractivity contribution in [1.29, 1.82) is 0 Å². The van der Waals surface area contributed by atoms with Crippen molar-refractivity contribution >= 4 is 18.4 Å². The average molecular weight is 557 g/mol. The first-order valence-electron chi connectivity index (χ1n) is 14.4. The van der Waals surface area contributed by atoms with Gasteiger partial charge in [-0.15, -0.1) is 0 Å². The van der Waals surface area contributed by atoms with Crippen LogP contribution in [0.4, 0.5) is 0 Å². The molecule has 3 fully saturated rings. The molecule has 0 unspecified atom stereocenters. The van der Waals surface area contributed by atoms with E-state index in [2.05, 4.69) is 34.6 Å². The van der Waals surface area contributed by atoms with E-state index in [-0.39, 0.29) is 24.0 Å². The second-order valence-electron chi connectivity index (χ2n) is 12.0. The summed E-state index contributed by atoms with van der Waals surface area (Å²) in [6, 6.07) is 0. The monoisotopic (exact) mass is 558 g/mol. The summed E-state index contributed by atoms with van der Waals surface area (Å²) in [5.41, 5.74) is -0.504. The zero-order valence-electron chi connectivity index (χ0n) is 22.0. The molecule has 188 valence electrons. The number of unbranched alkanes of at least 4 members (excludes halogenated alkanes) is 3. The third kappa shape index (κ3) is 5.26. The van der Waals surface area contributed by atoms with Crippen LogP contribution in [-0.2, 0) is 4.74 Å². The van der Waals surface area contributed by atoms with E-state index in [4.69, 9.17) is 4.74 Å². The van der Waals surface area contributed by atoms with Gasteiger partial charge in [0.25, 0.3) is 0 Å². The molecule has 1 aliphatic carbocycles. The number of rotatable bonds is 12. The van der Waals surface area contributed by atoms with E-state index in [1.807, 2.05) is 0 Å². The van der Waals surface area contributed by atoms with E-state index < -0.39 is 30.1 Å². The molecule has 0 aromatic carbocycles. The minimum atomic E-state index is -2.57. The predicted molar refractivity (Wildman–Crippen MR) is 138 cm³/mol. The van der Waals surface area contributed by atoms with Crippen molar-refractivity contribution in [2.24, 2.45) is 17.8 Å². The Balaban J connectivity index is 1.98. The molecule has 2 saturated heterocycles. The quantitative estimate of drug-likeness (QED) is 0.247. The molecule has 0 aromatic heterocycles. The van der Waals surface area contributed by atoms with Crippen LogP contribution in [0.3, 0.4) is 0 Å². The van der Waals surface area contributed by atoms with Crippen LogP contribution in [-0.4, -0.2) is 52.5 Å². The Morgan fingerprint density at radius 2 is 1.44 bits per heavy atom. The summed E-state index contributed by atoms with van der Waals surface area (Å²) in [4.78, 5) is 0. The van der Waals surface area contributed by atoms with Gasteiger partial charge in [-0.1, -0.05) is 0 Å². The summed E-state index contributed by atoms with van der Waals surface area (Å²) >= 11 is -2.57. The molecule has 2 heterocycles. The van der Waals surface area contributed by atoms with Crippen LogP contribution >= 0.6 is 0 Å². The Bertz CT molecular complexity index is 541. The summed E-state index contributed by atoms with van der Waals surface area (Å²) < 4.78 is 12.2. The van der Waals surface area contributed by atoms with Crippen LogP contribution < -0.4 is 0 Å². The molecule has 3 aliphatic rings. The van der Waals surface area contributed by atoms with E-state index in [1.165, 1.54) is 71.1 Å². The first-order valence-corrected chi connectivity index (χ1v) is 22.1. The molecule has 2 aliphatic heterocycles. The Morgan fingerprint density at radius 3 is 1.94 bits per heavy atom. The van der Waals surface area contributed by atoms with E-state index >= 15 is 0 Å². The topological polar surface area (TPSA) is 49.7 Å². The number of aliphatic hydroxyl groups is 2. The van der Waals surface area contributed by atoms with Crippen molar-refractivity contribution in [3.8, 4) is 0 Å². The van der Waals surface area contributed by atoms with Crippen LogP contribution in [0.25, 0.3) is 0 Å². The first kappa shape index (κ1) is 27.3. The van der Waals surface area contributed by atoms with E-state index in [0.717, 1.165) is 19.3 Å². The molecule has 2 bridgehead atoms. The van der Waals surface area contributed by atoms with Gasteiger partial charge in [-0.25, -0.2) is 0 Å². The molecule has 7 atom stereocenters. The number of ether oxygens (including phenoxy) is 1. The molecule has 2 N–H and O–H groups in total. The molecule has 0 aromatic rings. The molecule has 0 radical (unpaired) electrons. The molecular formula is C28H54O3Sn. The summed E-state index contributed by atoms with van der Waals surface area (Å²) in [6.07, 6.45) is 14.5. The molecule has 1 saturated carbocycles. The van der Waals surface area contributed by atoms with Crippen molar-refractivity contribution in [3.05, 3.63) is 0 Å². The van der Waals surface area contributed by atoms with E-state index in [9.17, 15) is 10.2 Å². The summed E-state index contributed by atoms with van der Waals surface area (Å²) in [5.74, 6) is 0.589. The van der Waals surface area contributed by atoms with Gasteiger partial charge in [0.1, 0.15) is 0 Å². The Morgan fingerprint density at radius 1 is 0.906 bits per heavy atom. The van der Waals surface area contributed by atoms with Gasteiger partial charge in [0.2, 0.25) is 0 Å². The summed E-state index contributed by atoms with van der Waals surface area (Å²) in [6.45, 7) is 11.5. The molecule has 3 nitrogen and oxygen atoms in total. The van der Waals surface area contributed by atoms with E-state index in [1.54, 1.807) is 0 Å². The zero-order valence-corrected chi connectivity index (χ0v) is 24.8. The SMILES string of the molecule is CCC[CH2][Sn]([CH2]CCC)([CH2]CCC)[C@@H]1C[C@]2([C@@H](O)C3CCCCC3)O[C@H]1[C@@H](C)[C@@H](O)[C@H]2C. The third-order valence-electron chi connectivity index (χ3n) is 10.1. The maximum atomic E-state index is 11.8. The van der Waals surface area contributed by atoms with Gasteiger partial charge >= 0.3 is 204 Å². The molecule has 0 amide bonds. The number of aliphatic hydroxyl groups excluding tert-OH is 2. The summed E-state index contributed by atoms with van der Waals surface area (Å²) in [5, 5.41) is 23.2. The molecule has 0 spiro atoms. The third-order valence-corrected chi connectivity index (χ3v) is 27.7. The standard InChI is InChI=1S/C16H27O3.3C4H9.Sn/c1-10-13-8-9-16(19-13,11(2)14(10)17)15(18)12-6-4-3-5-7-12;3*1-3-4-2;/h8,10-15,17-18H,3-7,9H2,1-2H3;3*1,3-4H2,2H3;/t10-,11-,13-,14-,15+,16+;;;;/m1..../s1. The zero-order chi connectivity index (χ0) is 23.4. The van der Waals surface area contributed by atoms with Gasteiger partial charge in [-0.2, -0.15) is 0 Å². The van der Waals surface area contributed by atoms with Gasteiger partial charge < -0.3 is 0 Å². The van der Waals surface area contributed by atoms with Crippen molar-refractivity contribution in [2.75, 3.05) is 0 Å². The molecule has 3 rings (SSSR count). The number of hydrogen-bond acceptors (Lipinski definition) is 3. The molecule has 32 heavy (non-hydrogen) atoms. The minimum absolute atomic E-state index is 0.0307. The van der Waals surface area contributed by atoms with Gasteiger partial charge in [0, 0.05) is 0 Å². The predicted octanol–water partition coefficient (Wildman–Crippen LogP) is 7.32. The Hall–Kier alpha value is 0.679. The Kier molecular flexibility index (Phi) is 10.3. The molecule has 4 heteroatoms. The first-order chi connectivity index (χ1) is 15.4. The number of fused-ring (bicyclic) bond motifs is 2. The van der Waals surface area contributed by atoms with E-state index in [0.29, 0.717) is 9.85 Å². The fourth-order valence-corrected chi connectivity index (χ4v) is 27.5. The molecular weight excluding hydrogens is 503 g/mol. The van der Waals surface area contributed by atoms with Crippen molar-refractivity contribution in [2.45, 2.75) is 153 Å². The van der Waals surface area contributed by atoms with Gasteiger partial charge in [-0.05, 0) is 0 Å². The van der Waals surface area contributed by atoms with Gasteiger partial charge in [-0.3, -0.25) is 0 Å². The van der Waals surface area contributed by atoms with Crippen LogP contribution in [0.15, 0.2) is 0 Å². The average Bonchev–Trinajstić information content (AvgIpc) is 3.21. The second kappa shape index (κ2) is 12.1. The summed E-state index contributed by atoms with van der Waals surface area (Å²) in [7, 11) is 0. The van der Waals surface area contributed by atoms with Gasteiger partial charge in [0.05, 0.1) is 0 Å². The van der Waals surface area contributed by atoms with Crippen molar-refractivity contribution < 1.29 is 14.9 Å². The van der Waals surface area contributed by atoms with Crippen molar-refractivity contribution in [1.82, 2.24) is 0 Å². The van der Waals surface area contributed by atoms with Gasteiger partial charge in [0.15, 0.2) is 0 Å². The fourth-order valence-electron chi connectivity index (χ4n) is 7.94. The number of hydrogen-bond donors (Lipinski definition) is 2. The van der Waals surface area contributed by atoms with Crippen molar-refractivity contribution in [3.63, 3.8) is 0 Å². The van der Waals surface area contributed by atoms with Crippen LogP contribution in [0.5, 0.6) is 0 Å². The normalized spacial score (nSPS) is 37.0. The second-order valence-corrected chi connectivity index (χ2v) is 26.2. The maximum absolute atomic E-state index is 11.8. The van der Waals surface area contributed by atoms with Crippen LogP contribution in [0.1, 0.15) is 112 Å². The van der Waals surface area contributed by atoms with Crippen LogP contribution in [0, 0.1) is 17.8 Å². The fraction of sp³-hybridized carbons (Fsp3) is 1.00. The van der Waals surface area contributed by atoms with Crippen LogP contribution in [0.2, 0.25) is 17.2 Å².